The number of Topliss-reactive ketones (excluding diaryl/α,β-unsaturated/α-hetero) is 2. The molecule has 0 unspecified atom stereocenters. The van der Waals surface area contributed by atoms with Crippen molar-refractivity contribution in [3.8, 4) is 11.1 Å². The van der Waals surface area contributed by atoms with E-state index in [1.54, 1.807) is 6.92 Å². The number of nitrogens with zero attached hydrogens (tertiary/aromatic N) is 2. The van der Waals surface area contributed by atoms with Crippen LogP contribution in [0.25, 0.3) is 32.9 Å². The number of carbonyl (C=O) groups excluding carboxylic acids is 2. The van der Waals surface area contributed by atoms with E-state index in [0.717, 1.165) is 69.0 Å². The summed E-state index contributed by atoms with van der Waals surface area (Å²) in [5.74, 6) is 0.281. The predicted octanol–water partition coefficient (Wildman–Crippen LogP) is 4.15. The van der Waals surface area contributed by atoms with Crippen LogP contribution in [0.5, 0.6) is 0 Å². The third kappa shape index (κ3) is 1.88. The summed E-state index contributed by atoms with van der Waals surface area (Å²) < 4.78 is 1.85. The fourth-order valence-corrected chi connectivity index (χ4v) is 5.14. The number of hydrogen-bond acceptors (Lipinski definition) is 3. The van der Waals surface area contributed by atoms with Gasteiger partial charge in [-0.1, -0.05) is 0 Å². The van der Waals surface area contributed by atoms with Gasteiger partial charge in [0.05, 0.1) is 11.2 Å². The lowest BCUT2D eigenvalue weighted by molar-refractivity contribution is 0.0992. The van der Waals surface area contributed by atoms with Gasteiger partial charge in [-0.25, -0.2) is 0 Å². The zero-order chi connectivity index (χ0) is 19.2. The van der Waals surface area contributed by atoms with Crippen LogP contribution in [-0.2, 0) is 26.3 Å². The minimum Gasteiger partial charge on any atom is -0.354 e. The van der Waals surface area contributed by atoms with Crippen LogP contribution in [0, 0.1) is 0 Å². The highest BCUT2D eigenvalue weighted by atomic mass is 16.1. The van der Waals surface area contributed by atoms with E-state index in [2.05, 4.69) is 10.1 Å². The number of fused-ring (bicyclic) bond motifs is 10. The van der Waals surface area contributed by atoms with E-state index in [-0.39, 0.29) is 11.6 Å². The summed E-state index contributed by atoms with van der Waals surface area (Å²) in [7, 11) is 1.94. The lowest BCUT2D eigenvalue weighted by Gasteiger charge is -2.20. The molecule has 5 heteroatoms. The highest BCUT2D eigenvalue weighted by molar-refractivity contribution is 6.20. The smallest absolute Gasteiger partial charge is 0.164 e. The number of rotatable bonds is 1. The highest BCUT2D eigenvalue weighted by Crippen LogP contribution is 2.46. The molecule has 2 aliphatic carbocycles. The summed E-state index contributed by atoms with van der Waals surface area (Å²) in [5, 5.41) is 6.79. The first-order chi connectivity index (χ1) is 13.5. The van der Waals surface area contributed by atoms with Gasteiger partial charge >= 0.3 is 0 Å². The van der Waals surface area contributed by atoms with Crippen molar-refractivity contribution in [1.82, 2.24) is 14.8 Å². The quantitative estimate of drug-likeness (QED) is 0.513. The van der Waals surface area contributed by atoms with Gasteiger partial charge in [0.25, 0.3) is 0 Å². The van der Waals surface area contributed by atoms with Crippen LogP contribution >= 0.6 is 0 Å². The zero-order valence-electron chi connectivity index (χ0n) is 15.8. The molecule has 6 rings (SSSR count). The molecule has 0 fully saturated rings. The Kier molecular flexibility index (Phi) is 2.93. The molecule has 0 bridgehead atoms. The Balaban J connectivity index is 1.81. The second kappa shape index (κ2) is 5.19. The zero-order valence-corrected chi connectivity index (χ0v) is 15.8. The number of ketones is 2. The average Bonchev–Trinajstić information content (AvgIpc) is 3.34. The number of hydrogen-bond donors (Lipinski definition) is 1. The number of aryl methyl sites for hydroxylation is 4. The van der Waals surface area contributed by atoms with Crippen LogP contribution in [0.2, 0.25) is 0 Å². The molecule has 0 spiro atoms. The topological polar surface area (TPSA) is 67.8 Å². The predicted molar refractivity (Wildman–Crippen MR) is 108 cm³/mol. The molecule has 0 saturated carbocycles. The van der Waals surface area contributed by atoms with Crippen LogP contribution in [0.1, 0.15) is 50.9 Å². The first kappa shape index (κ1) is 15.8. The van der Waals surface area contributed by atoms with Crippen LogP contribution < -0.4 is 0 Å². The lowest BCUT2D eigenvalue weighted by Crippen LogP contribution is -2.09. The van der Waals surface area contributed by atoms with Gasteiger partial charge in [0.1, 0.15) is 0 Å². The Morgan fingerprint density at radius 2 is 1.93 bits per heavy atom. The number of carbonyl (C=O) groups is 2. The molecular weight excluding hydrogens is 350 g/mol. The fourth-order valence-electron chi connectivity index (χ4n) is 5.14. The van der Waals surface area contributed by atoms with Crippen LogP contribution in [-0.4, -0.2) is 26.3 Å². The summed E-state index contributed by atoms with van der Waals surface area (Å²) in [6.45, 7) is 1.59. The Labute approximate surface area is 161 Å². The van der Waals surface area contributed by atoms with Gasteiger partial charge in [0, 0.05) is 58.2 Å². The Hall–Kier alpha value is -3.21. The molecule has 2 aliphatic rings. The van der Waals surface area contributed by atoms with Gasteiger partial charge in [0.15, 0.2) is 11.6 Å². The maximum atomic E-state index is 12.9. The largest absolute Gasteiger partial charge is 0.354 e. The van der Waals surface area contributed by atoms with Crippen molar-refractivity contribution in [3.63, 3.8) is 0 Å². The van der Waals surface area contributed by atoms with Crippen molar-refractivity contribution >= 4 is 33.4 Å². The van der Waals surface area contributed by atoms with Crippen molar-refractivity contribution in [2.24, 2.45) is 7.05 Å². The summed E-state index contributed by atoms with van der Waals surface area (Å²) in [4.78, 5) is 28.5. The maximum Gasteiger partial charge on any atom is 0.164 e. The van der Waals surface area contributed by atoms with E-state index in [0.29, 0.717) is 12.0 Å². The molecule has 0 aliphatic heterocycles. The van der Waals surface area contributed by atoms with E-state index in [1.807, 2.05) is 36.1 Å². The van der Waals surface area contributed by atoms with E-state index in [9.17, 15) is 9.59 Å². The number of aromatic amines is 1. The Morgan fingerprint density at radius 3 is 2.75 bits per heavy atom. The minimum atomic E-state index is 0.0573. The standard InChI is InChI=1S/C23H19N3O2/c1-11(27)12-3-6-17-15(9-12)21-13-5-8-19(28)22(13)20-14(23(21)24-17)4-7-18-16(20)10-26(2)25-18/h3,6,9-10,24H,4-5,7-8H2,1-2H3. The van der Waals surface area contributed by atoms with E-state index < -0.39 is 0 Å². The van der Waals surface area contributed by atoms with E-state index in [4.69, 9.17) is 0 Å². The number of aromatic nitrogens is 3. The van der Waals surface area contributed by atoms with Crippen LogP contribution in [0.4, 0.5) is 0 Å². The summed E-state index contributed by atoms with van der Waals surface area (Å²) in [5.41, 5.74) is 9.32. The van der Waals surface area contributed by atoms with Gasteiger partial charge in [-0.15, -0.1) is 0 Å². The van der Waals surface area contributed by atoms with Gasteiger partial charge in [-0.2, -0.15) is 5.10 Å². The summed E-state index contributed by atoms with van der Waals surface area (Å²) in [6, 6.07) is 5.83. The van der Waals surface area contributed by atoms with Crippen molar-refractivity contribution in [2.45, 2.75) is 32.6 Å². The lowest BCUT2D eigenvalue weighted by atomic mass is 9.82. The highest BCUT2D eigenvalue weighted by Gasteiger charge is 2.34. The molecule has 2 aromatic heterocycles. The number of nitrogens with one attached hydrogen (secondary N) is 1. The molecule has 28 heavy (non-hydrogen) atoms. The maximum absolute atomic E-state index is 12.9. The monoisotopic (exact) mass is 369 g/mol. The molecule has 4 aromatic rings. The summed E-state index contributed by atoms with van der Waals surface area (Å²) in [6.07, 6.45) is 5.09. The molecule has 2 aromatic carbocycles. The molecule has 0 atom stereocenters. The van der Waals surface area contributed by atoms with Crippen LogP contribution in [0.3, 0.4) is 0 Å². The number of H-pyrrole nitrogens is 1. The SMILES string of the molecule is CC(=O)c1ccc2[nH]c3c4c(c5c(c3c2c1)CCC5=O)-c1cn(C)nc1CC4. The normalized spacial score (nSPS) is 15.1. The molecule has 0 saturated heterocycles. The third-order valence-electron chi connectivity index (χ3n) is 6.33. The fraction of sp³-hybridized carbons (Fsp3) is 0.261. The van der Waals surface area contributed by atoms with Crippen molar-refractivity contribution in [1.29, 1.82) is 0 Å². The summed E-state index contributed by atoms with van der Waals surface area (Å²) >= 11 is 0. The first-order valence-electron chi connectivity index (χ1n) is 9.73. The van der Waals surface area contributed by atoms with Crippen molar-refractivity contribution in [2.75, 3.05) is 0 Å². The Morgan fingerprint density at radius 1 is 1.11 bits per heavy atom. The third-order valence-corrected chi connectivity index (χ3v) is 6.33. The Bertz CT molecular complexity index is 1370. The molecule has 138 valence electrons. The van der Waals surface area contributed by atoms with Crippen molar-refractivity contribution in [3.05, 3.63) is 52.3 Å². The first-order valence-corrected chi connectivity index (χ1v) is 9.73. The average molecular weight is 369 g/mol. The minimum absolute atomic E-state index is 0.0573. The molecule has 1 N–H and O–H groups in total. The van der Waals surface area contributed by atoms with E-state index in [1.165, 1.54) is 5.56 Å². The van der Waals surface area contributed by atoms with Crippen molar-refractivity contribution < 1.29 is 9.59 Å². The molecule has 2 heterocycles. The van der Waals surface area contributed by atoms with E-state index >= 15 is 0 Å². The molecule has 0 amide bonds. The second-order valence-electron chi connectivity index (χ2n) is 7.98. The van der Waals surface area contributed by atoms with Gasteiger partial charge in [-0.3, -0.25) is 14.3 Å². The molecule has 5 nitrogen and oxygen atoms in total. The second-order valence-corrected chi connectivity index (χ2v) is 7.98. The van der Waals surface area contributed by atoms with Gasteiger partial charge in [-0.05, 0) is 55.5 Å². The van der Waals surface area contributed by atoms with Crippen LogP contribution in [0.15, 0.2) is 24.4 Å². The molecular formula is C23H19N3O2. The molecule has 0 radical (unpaired) electrons. The van der Waals surface area contributed by atoms with Gasteiger partial charge < -0.3 is 4.98 Å². The van der Waals surface area contributed by atoms with Gasteiger partial charge in [0.2, 0.25) is 0 Å². The number of benzene rings is 2.